The van der Waals surface area contributed by atoms with Crippen molar-refractivity contribution in [2.75, 3.05) is 13.6 Å². The second kappa shape index (κ2) is 6.71. The molecule has 0 aliphatic heterocycles. The van der Waals surface area contributed by atoms with Crippen molar-refractivity contribution in [1.29, 1.82) is 0 Å². The lowest BCUT2D eigenvalue weighted by atomic mass is 9.84. The zero-order valence-electron chi connectivity index (χ0n) is 10.7. The molecular formula is C13H20BrClN2S. The highest BCUT2D eigenvalue weighted by Gasteiger charge is 2.27. The normalized spacial score (nSPS) is 24.7. The van der Waals surface area contributed by atoms with E-state index in [-0.39, 0.29) is 0 Å². The first-order valence-electron chi connectivity index (χ1n) is 6.46. The van der Waals surface area contributed by atoms with Crippen molar-refractivity contribution in [3.8, 4) is 0 Å². The Morgan fingerprint density at radius 1 is 1.50 bits per heavy atom. The van der Waals surface area contributed by atoms with Crippen molar-refractivity contribution in [2.45, 2.75) is 38.3 Å². The molecule has 18 heavy (non-hydrogen) atoms. The van der Waals surface area contributed by atoms with Gasteiger partial charge < -0.3 is 5.73 Å². The molecule has 0 spiro atoms. The first kappa shape index (κ1) is 14.8. The molecule has 1 aromatic rings. The Morgan fingerprint density at radius 2 is 2.22 bits per heavy atom. The van der Waals surface area contributed by atoms with Gasteiger partial charge in [-0.1, -0.05) is 24.4 Å². The SMILES string of the molecule is CN(Cc1cc(Br)c(Cl)s1)C1CCCCC1CN. The van der Waals surface area contributed by atoms with Crippen LogP contribution < -0.4 is 5.73 Å². The summed E-state index contributed by atoms with van der Waals surface area (Å²) in [6.45, 7) is 1.78. The molecule has 102 valence electrons. The van der Waals surface area contributed by atoms with Crippen LogP contribution in [0.2, 0.25) is 4.34 Å². The summed E-state index contributed by atoms with van der Waals surface area (Å²) in [5.74, 6) is 0.655. The topological polar surface area (TPSA) is 29.3 Å². The Hall–Kier alpha value is 0.390. The maximum Gasteiger partial charge on any atom is 0.107 e. The minimum atomic E-state index is 0.628. The van der Waals surface area contributed by atoms with Gasteiger partial charge in [0, 0.05) is 21.9 Å². The number of nitrogens with two attached hydrogens (primary N) is 1. The van der Waals surface area contributed by atoms with Gasteiger partial charge in [-0.2, -0.15) is 0 Å². The van der Waals surface area contributed by atoms with Crippen molar-refractivity contribution in [3.05, 3.63) is 19.8 Å². The monoisotopic (exact) mass is 350 g/mol. The van der Waals surface area contributed by atoms with E-state index in [0.29, 0.717) is 12.0 Å². The highest BCUT2D eigenvalue weighted by Crippen LogP contribution is 2.34. The molecule has 0 aromatic carbocycles. The minimum Gasteiger partial charge on any atom is -0.330 e. The van der Waals surface area contributed by atoms with Crippen LogP contribution in [0.5, 0.6) is 0 Å². The Labute approximate surface area is 127 Å². The van der Waals surface area contributed by atoms with E-state index in [4.69, 9.17) is 17.3 Å². The highest BCUT2D eigenvalue weighted by molar-refractivity contribution is 9.10. The summed E-state index contributed by atoms with van der Waals surface area (Å²) in [6, 6.07) is 2.76. The van der Waals surface area contributed by atoms with Crippen LogP contribution in [0.15, 0.2) is 10.5 Å². The average Bonchev–Trinajstić information content (AvgIpc) is 2.68. The van der Waals surface area contributed by atoms with Gasteiger partial charge in [0.1, 0.15) is 4.34 Å². The van der Waals surface area contributed by atoms with E-state index >= 15 is 0 Å². The van der Waals surface area contributed by atoms with E-state index in [9.17, 15) is 0 Å². The number of hydrogen-bond donors (Lipinski definition) is 1. The molecule has 2 rings (SSSR count). The molecule has 1 aliphatic rings. The lowest BCUT2D eigenvalue weighted by Gasteiger charge is -2.37. The van der Waals surface area contributed by atoms with Crippen molar-refractivity contribution in [1.82, 2.24) is 4.90 Å². The third-order valence-corrected chi connectivity index (χ3v) is 6.30. The van der Waals surface area contributed by atoms with Gasteiger partial charge >= 0.3 is 0 Å². The summed E-state index contributed by atoms with van der Waals surface area (Å²) >= 11 is 11.2. The number of rotatable bonds is 4. The molecule has 0 radical (unpaired) electrons. The number of thiophene rings is 1. The summed E-state index contributed by atoms with van der Waals surface area (Å²) < 4.78 is 1.86. The zero-order valence-corrected chi connectivity index (χ0v) is 13.8. The van der Waals surface area contributed by atoms with Crippen molar-refractivity contribution >= 4 is 38.9 Å². The third-order valence-electron chi connectivity index (χ3n) is 3.84. The maximum atomic E-state index is 6.09. The molecule has 1 heterocycles. The average molecular weight is 352 g/mol. The first-order chi connectivity index (χ1) is 8.61. The standard InChI is InChI=1S/C13H20BrClN2S/c1-17(8-10-6-11(14)13(15)18-10)12-5-3-2-4-9(12)7-16/h6,9,12H,2-5,7-8,16H2,1H3. The molecule has 2 unspecified atom stereocenters. The van der Waals surface area contributed by atoms with Gasteiger partial charge in [-0.25, -0.2) is 0 Å². The van der Waals surface area contributed by atoms with E-state index in [1.54, 1.807) is 11.3 Å². The van der Waals surface area contributed by atoms with Crippen LogP contribution in [-0.2, 0) is 6.54 Å². The quantitative estimate of drug-likeness (QED) is 0.884. The molecule has 2 atom stereocenters. The Balaban J connectivity index is 1.99. The van der Waals surface area contributed by atoms with Crippen molar-refractivity contribution < 1.29 is 0 Å². The van der Waals surface area contributed by atoms with E-state index in [1.807, 2.05) is 0 Å². The molecular weight excluding hydrogens is 332 g/mol. The fraction of sp³-hybridized carbons (Fsp3) is 0.692. The number of nitrogens with zero attached hydrogens (tertiary/aromatic N) is 1. The maximum absolute atomic E-state index is 6.09. The molecule has 1 aliphatic carbocycles. The zero-order chi connectivity index (χ0) is 13.1. The second-order valence-electron chi connectivity index (χ2n) is 5.10. The first-order valence-corrected chi connectivity index (χ1v) is 8.44. The minimum absolute atomic E-state index is 0.628. The van der Waals surface area contributed by atoms with Crippen LogP contribution in [-0.4, -0.2) is 24.5 Å². The molecule has 2 N–H and O–H groups in total. The predicted molar refractivity (Wildman–Crippen MR) is 83.3 cm³/mol. The lowest BCUT2D eigenvalue weighted by molar-refractivity contribution is 0.128. The molecule has 0 saturated heterocycles. The summed E-state index contributed by atoms with van der Waals surface area (Å²) in [5.41, 5.74) is 5.90. The van der Waals surface area contributed by atoms with Crippen LogP contribution >= 0.6 is 38.9 Å². The van der Waals surface area contributed by atoms with E-state index < -0.39 is 0 Å². The summed E-state index contributed by atoms with van der Waals surface area (Å²) in [6.07, 6.45) is 5.22. The molecule has 2 nitrogen and oxygen atoms in total. The Kier molecular flexibility index (Phi) is 5.51. The van der Waals surface area contributed by atoms with E-state index in [0.717, 1.165) is 21.9 Å². The third kappa shape index (κ3) is 3.48. The Bertz CT molecular complexity index is 377. The van der Waals surface area contributed by atoms with Crippen molar-refractivity contribution in [3.63, 3.8) is 0 Å². The molecule has 1 fully saturated rings. The van der Waals surface area contributed by atoms with Crippen LogP contribution in [0.4, 0.5) is 0 Å². The van der Waals surface area contributed by atoms with Crippen LogP contribution in [0.3, 0.4) is 0 Å². The molecule has 0 bridgehead atoms. The smallest absolute Gasteiger partial charge is 0.107 e. The van der Waals surface area contributed by atoms with E-state index in [2.05, 4.69) is 33.9 Å². The van der Waals surface area contributed by atoms with Gasteiger partial charge in [0.2, 0.25) is 0 Å². The number of halogens is 2. The molecule has 1 saturated carbocycles. The second-order valence-corrected chi connectivity index (χ2v) is 7.69. The largest absolute Gasteiger partial charge is 0.330 e. The van der Waals surface area contributed by atoms with Gasteiger partial charge in [-0.05, 0) is 54.3 Å². The van der Waals surface area contributed by atoms with Crippen LogP contribution in [0.25, 0.3) is 0 Å². The fourth-order valence-corrected chi connectivity index (χ4v) is 4.73. The summed E-state index contributed by atoms with van der Waals surface area (Å²) in [7, 11) is 2.21. The summed E-state index contributed by atoms with van der Waals surface area (Å²) in [5, 5.41) is 0. The van der Waals surface area contributed by atoms with Gasteiger partial charge in [0.05, 0.1) is 0 Å². The molecule has 5 heteroatoms. The fourth-order valence-electron chi connectivity index (χ4n) is 2.88. The number of hydrogen-bond acceptors (Lipinski definition) is 3. The van der Waals surface area contributed by atoms with Crippen LogP contribution in [0.1, 0.15) is 30.6 Å². The summed E-state index contributed by atoms with van der Waals surface area (Å²) in [4.78, 5) is 3.77. The van der Waals surface area contributed by atoms with Gasteiger partial charge in [0.15, 0.2) is 0 Å². The van der Waals surface area contributed by atoms with E-state index in [1.165, 1.54) is 30.6 Å². The van der Waals surface area contributed by atoms with Crippen LogP contribution in [0, 0.1) is 5.92 Å². The molecule has 1 aromatic heterocycles. The lowest BCUT2D eigenvalue weighted by Crippen LogP contribution is -2.42. The van der Waals surface area contributed by atoms with Gasteiger partial charge in [-0.15, -0.1) is 11.3 Å². The van der Waals surface area contributed by atoms with Gasteiger partial charge in [-0.3, -0.25) is 4.90 Å². The predicted octanol–water partition coefficient (Wildman–Crippen LogP) is 4.11. The Morgan fingerprint density at radius 3 is 2.83 bits per heavy atom. The van der Waals surface area contributed by atoms with Gasteiger partial charge in [0.25, 0.3) is 0 Å². The van der Waals surface area contributed by atoms with Crippen molar-refractivity contribution in [2.24, 2.45) is 11.7 Å². The molecule has 0 amide bonds. The highest BCUT2D eigenvalue weighted by atomic mass is 79.9.